The van der Waals surface area contributed by atoms with Gasteiger partial charge in [0.2, 0.25) is 5.95 Å². The molecule has 5 rings (SSSR count). The molecule has 1 atom stereocenters. The Kier molecular flexibility index (Phi) is 7.86. The summed E-state index contributed by atoms with van der Waals surface area (Å²) in [5, 5.41) is 36.8. The molecule has 0 spiro atoms. The highest BCUT2D eigenvalue weighted by molar-refractivity contribution is 5.96. The Labute approximate surface area is 244 Å². The first kappa shape index (κ1) is 28.9. The van der Waals surface area contributed by atoms with Gasteiger partial charge in [0.15, 0.2) is 5.82 Å². The normalized spacial score (nSPS) is 14.6. The molecule has 216 valence electrons. The summed E-state index contributed by atoms with van der Waals surface area (Å²) < 4.78 is 42.3. The summed E-state index contributed by atoms with van der Waals surface area (Å²) in [5.74, 6) is 0.00117. The molecule has 43 heavy (non-hydrogen) atoms. The molecule has 1 amide bonds. The first-order valence-electron chi connectivity index (χ1n) is 13.2. The predicted octanol–water partition coefficient (Wildman–Crippen LogP) is 5.78. The third-order valence-corrected chi connectivity index (χ3v) is 7.02. The molecule has 0 saturated carbocycles. The highest BCUT2D eigenvalue weighted by atomic mass is 19.4. The van der Waals surface area contributed by atoms with E-state index in [2.05, 4.69) is 27.5 Å². The summed E-state index contributed by atoms with van der Waals surface area (Å²) >= 11 is 0. The van der Waals surface area contributed by atoms with E-state index in [1.165, 1.54) is 33.8 Å². The summed E-state index contributed by atoms with van der Waals surface area (Å²) in [5.41, 5.74) is 1.16. The molecule has 12 heteroatoms. The van der Waals surface area contributed by atoms with Gasteiger partial charge in [-0.2, -0.15) is 33.8 Å². The highest BCUT2D eigenvalue weighted by Crippen LogP contribution is 2.43. The molecule has 0 unspecified atom stereocenters. The number of hydrogen-bond acceptors (Lipinski definition) is 7. The van der Waals surface area contributed by atoms with Crippen LogP contribution < -0.4 is 10.2 Å². The summed E-state index contributed by atoms with van der Waals surface area (Å²) in [6.45, 7) is 1.88. The molecule has 0 bridgehead atoms. The molecule has 9 nitrogen and oxygen atoms in total. The number of aromatic nitrogens is 3. The average molecular weight is 584 g/mol. The number of anilines is 2. The number of benzene rings is 3. The molecule has 2 N–H and O–H groups in total. The predicted molar refractivity (Wildman–Crippen MR) is 150 cm³/mol. The summed E-state index contributed by atoms with van der Waals surface area (Å²) in [6, 6.07) is 21.1. The molecule has 0 radical (unpaired) electrons. The van der Waals surface area contributed by atoms with E-state index >= 15 is 0 Å². The number of amides is 1. The minimum atomic E-state index is -4.58. The highest BCUT2D eigenvalue weighted by Gasteiger charge is 2.37. The maximum atomic E-state index is 13.6. The second-order valence-electron chi connectivity index (χ2n) is 9.78. The van der Waals surface area contributed by atoms with E-state index in [1.807, 2.05) is 0 Å². The fourth-order valence-electron chi connectivity index (χ4n) is 4.91. The maximum Gasteiger partial charge on any atom is 0.416 e. The van der Waals surface area contributed by atoms with Crippen LogP contribution in [0.25, 0.3) is 0 Å². The fourth-order valence-corrected chi connectivity index (χ4v) is 4.91. The molecule has 1 aromatic heterocycles. The molecule has 1 aliphatic heterocycles. The quantitative estimate of drug-likeness (QED) is 0.264. The Morgan fingerprint density at radius 3 is 2.47 bits per heavy atom. The lowest BCUT2D eigenvalue weighted by Crippen LogP contribution is -2.31. The lowest BCUT2D eigenvalue weighted by Gasteiger charge is -2.34. The number of para-hydroxylation sites is 1. The largest absolute Gasteiger partial charge is 0.507 e. The number of phenolic OH excluding ortho intramolecular Hbond substituents is 1. The second-order valence-corrected chi connectivity index (χ2v) is 9.78. The zero-order valence-electron chi connectivity index (χ0n) is 22.8. The van der Waals surface area contributed by atoms with Crippen molar-refractivity contribution < 1.29 is 23.1 Å². The van der Waals surface area contributed by atoms with Gasteiger partial charge in [0.25, 0.3) is 5.91 Å². The topological polar surface area (TPSA) is 131 Å². The van der Waals surface area contributed by atoms with E-state index in [0.29, 0.717) is 35.5 Å². The standard InChI is InChI=1S/C31H24F3N7O2/c1-19-25(18-36)28(21-13-11-20(17-35)12-14-21)41-30(40(19)23-7-4-6-22(16-23)31(32,33)34)38-27(39-41)10-5-15-37-29(43)24-8-2-3-9-26(24)42/h2-4,6-9,11-14,16,28,42H,5,10,15H2,1H3,(H,37,43)/t28-/m1/s1. The van der Waals surface area contributed by atoms with Gasteiger partial charge in [0.05, 0.1) is 34.4 Å². The van der Waals surface area contributed by atoms with E-state index in [4.69, 9.17) is 0 Å². The van der Waals surface area contributed by atoms with Crippen LogP contribution >= 0.6 is 0 Å². The van der Waals surface area contributed by atoms with Gasteiger partial charge in [0.1, 0.15) is 11.8 Å². The lowest BCUT2D eigenvalue weighted by molar-refractivity contribution is -0.137. The monoisotopic (exact) mass is 583 g/mol. The van der Waals surface area contributed by atoms with Crippen molar-refractivity contribution in [2.24, 2.45) is 0 Å². The van der Waals surface area contributed by atoms with Gasteiger partial charge < -0.3 is 10.4 Å². The smallest absolute Gasteiger partial charge is 0.416 e. The molecule has 3 aromatic carbocycles. The number of carbonyl (C=O) groups is 1. The molecule has 0 saturated heterocycles. The molecular weight excluding hydrogens is 559 g/mol. The molecule has 0 aliphatic carbocycles. The van der Waals surface area contributed by atoms with Crippen LogP contribution in [0.5, 0.6) is 5.75 Å². The summed E-state index contributed by atoms with van der Waals surface area (Å²) in [7, 11) is 0. The molecular formula is C31H24F3N7O2. The van der Waals surface area contributed by atoms with Crippen molar-refractivity contribution in [1.82, 2.24) is 20.1 Å². The minimum Gasteiger partial charge on any atom is -0.507 e. The minimum absolute atomic E-state index is 0.136. The van der Waals surface area contributed by atoms with Gasteiger partial charge in [0, 0.05) is 24.4 Å². The van der Waals surface area contributed by atoms with Crippen molar-refractivity contribution in [2.45, 2.75) is 32.0 Å². The van der Waals surface area contributed by atoms with Crippen LogP contribution in [-0.4, -0.2) is 32.3 Å². The first-order valence-corrected chi connectivity index (χ1v) is 13.2. The zero-order valence-corrected chi connectivity index (χ0v) is 22.8. The number of hydrogen-bond donors (Lipinski definition) is 2. The van der Waals surface area contributed by atoms with E-state index in [1.54, 1.807) is 43.3 Å². The average Bonchev–Trinajstić information content (AvgIpc) is 3.41. The van der Waals surface area contributed by atoms with Crippen molar-refractivity contribution in [1.29, 1.82) is 10.5 Å². The number of carbonyl (C=O) groups excluding carboxylic acids is 1. The van der Waals surface area contributed by atoms with Gasteiger partial charge >= 0.3 is 6.18 Å². The third-order valence-electron chi connectivity index (χ3n) is 7.02. The van der Waals surface area contributed by atoms with Crippen molar-refractivity contribution in [3.63, 3.8) is 0 Å². The summed E-state index contributed by atoms with van der Waals surface area (Å²) in [4.78, 5) is 18.6. The van der Waals surface area contributed by atoms with Crippen molar-refractivity contribution in [3.05, 3.63) is 112 Å². The van der Waals surface area contributed by atoms with Gasteiger partial charge in [-0.25, -0.2) is 4.68 Å². The molecule has 4 aromatic rings. The van der Waals surface area contributed by atoms with Crippen LogP contribution in [-0.2, 0) is 12.6 Å². The number of nitrogens with zero attached hydrogens (tertiary/aromatic N) is 6. The summed E-state index contributed by atoms with van der Waals surface area (Å²) in [6.07, 6.45) is -3.85. The number of aryl methyl sites for hydroxylation is 1. The molecule has 1 aliphatic rings. The lowest BCUT2D eigenvalue weighted by atomic mass is 9.95. The van der Waals surface area contributed by atoms with Crippen molar-refractivity contribution >= 4 is 17.5 Å². The van der Waals surface area contributed by atoms with Crippen LogP contribution in [0.3, 0.4) is 0 Å². The zero-order chi connectivity index (χ0) is 30.7. The van der Waals surface area contributed by atoms with E-state index in [0.717, 1.165) is 12.1 Å². The van der Waals surface area contributed by atoms with Crippen LogP contribution in [0.1, 0.15) is 52.3 Å². The maximum absolute atomic E-state index is 13.6. The Hall–Kier alpha value is -5.62. The Morgan fingerprint density at radius 1 is 1.05 bits per heavy atom. The van der Waals surface area contributed by atoms with E-state index in [-0.39, 0.29) is 35.1 Å². The van der Waals surface area contributed by atoms with E-state index in [9.17, 15) is 33.6 Å². The number of aromatic hydroxyl groups is 1. The molecule has 2 heterocycles. The molecule has 0 fully saturated rings. The van der Waals surface area contributed by atoms with Gasteiger partial charge in [-0.3, -0.25) is 9.69 Å². The number of phenols is 1. The van der Waals surface area contributed by atoms with Crippen LogP contribution in [0, 0.1) is 22.7 Å². The number of rotatable bonds is 7. The number of nitriles is 2. The third kappa shape index (κ3) is 5.76. The fraction of sp³-hybridized carbons (Fsp3) is 0.194. The number of allylic oxidation sites excluding steroid dienone is 2. The van der Waals surface area contributed by atoms with Crippen molar-refractivity contribution in [3.8, 4) is 17.9 Å². The number of alkyl halides is 3. The Morgan fingerprint density at radius 2 is 1.79 bits per heavy atom. The number of fused-ring (bicyclic) bond motifs is 1. The van der Waals surface area contributed by atoms with Crippen LogP contribution in [0.4, 0.5) is 24.8 Å². The van der Waals surface area contributed by atoms with Gasteiger partial charge in [-0.15, -0.1) is 0 Å². The Balaban J connectivity index is 1.49. The number of halogens is 3. The Bertz CT molecular complexity index is 1800. The van der Waals surface area contributed by atoms with Gasteiger partial charge in [-0.1, -0.05) is 30.3 Å². The van der Waals surface area contributed by atoms with Crippen LogP contribution in [0.2, 0.25) is 0 Å². The SMILES string of the molecule is CC1=C(C#N)[C@@H](c2ccc(C#N)cc2)n2nc(CCCNC(=O)c3ccccc3O)nc2N1c1cccc(C(F)(F)F)c1. The second kappa shape index (κ2) is 11.7. The van der Waals surface area contributed by atoms with Gasteiger partial charge in [-0.05, 0) is 61.4 Å². The number of nitrogens with one attached hydrogen (secondary N) is 1. The van der Waals surface area contributed by atoms with E-state index < -0.39 is 23.7 Å². The first-order chi connectivity index (χ1) is 20.6. The van der Waals surface area contributed by atoms with Crippen LogP contribution in [0.15, 0.2) is 84.1 Å². The van der Waals surface area contributed by atoms with Crippen molar-refractivity contribution in [2.75, 3.05) is 11.4 Å².